The van der Waals surface area contributed by atoms with Gasteiger partial charge < -0.3 is 5.73 Å². The molecule has 5 aromatic rings. The quantitative estimate of drug-likeness (QED) is 0.233. The minimum atomic E-state index is 0.836. The first kappa shape index (κ1) is 12.7. The van der Waals surface area contributed by atoms with Crippen LogP contribution in [0.5, 0.6) is 0 Å². The molecule has 0 saturated carbocycles. The Morgan fingerprint density at radius 1 is 0.696 bits per heavy atom. The van der Waals surface area contributed by atoms with Gasteiger partial charge in [-0.15, -0.1) is 0 Å². The molecule has 0 atom stereocenters. The summed E-state index contributed by atoms with van der Waals surface area (Å²) in [7, 11) is 0. The Morgan fingerprint density at radius 2 is 1.43 bits per heavy atom. The summed E-state index contributed by atoms with van der Waals surface area (Å²) in [5, 5.41) is 10.6. The molecule has 0 heterocycles. The van der Waals surface area contributed by atoms with Crippen LogP contribution >= 0.6 is 0 Å². The minimum Gasteiger partial charge on any atom is -0.399 e. The first-order chi connectivity index (χ1) is 11.3. The van der Waals surface area contributed by atoms with Gasteiger partial charge >= 0.3 is 0 Å². The molecule has 0 spiro atoms. The minimum absolute atomic E-state index is 0.836. The topological polar surface area (TPSA) is 26.0 Å². The van der Waals surface area contributed by atoms with Crippen LogP contribution in [-0.2, 0) is 6.42 Å². The fourth-order valence-corrected chi connectivity index (χ4v) is 4.12. The van der Waals surface area contributed by atoms with Gasteiger partial charge in [-0.3, -0.25) is 0 Å². The van der Waals surface area contributed by atoms with E-state index in [0.29, 0.717) is 0 Å². The first-order valence-electron chi connectivity index (χ1n) is 8.15. The van der Waals surface area contributed by atoms with Crippen LogP contribution in [0.1, 0.15) is 12.5 Å². The van der Waals surface area contributed by atoms with Gasteiger partial charge in [0.25, 0.3) is 0 Å². The lowest BCUT2D eigenvalue weighted by atomic mass is 9.87. The second kappa shape index (κ2) is 4.36. The molecular formula is C22H17N. The zero-order chi connectivity index (χ0) is 15.6. The molecule has 0 aliphatic carbocycles. The van der Waals surface area contributed by atoms with E-state index in [1.54, 1.807) is 0 Å². The largest absolute Gasteiger partial charge is 0.399 e. The van der Waals surface area contributed by atoms with Gasteiger partial charge in [-0.05, 0) is 67.2 Å². The maximum Gasteiger partial charge on any atom is 0.0326 e. The van der Waals surface area contributed by atoms with E-state index in [2.05, 4.69) is 67.6 Å². The van der Waals surface area contributed by atoms with E-state index in [-0.39, 0.29) is 0 Å². The van der Waals surface area contributed by atoms with E-state index in [0.717, 1.165) is 12.1 Å². The van der Waals surface area contributed by atoms with Crippen LogP contribution in [0.15, 0.2) is 60.7 Å². The molecule has 0 fully saturated rings. The number of hydrogen-bond donors (Lipinski definition) is 1. The summed E-state index contributed by atoms with van der Waals surface area (Å²) in [6, 6.07) is 21.9. The Labute approximate surface area is 134 Å². The number of benzene rings is 5. The van der Waals surface area contributed by atoms with E-state index in [4.69, 9.17) is 5.73 Å². The highest BCUT2D eigenvalue weighted by Crippen LogP contribution is 2.42. The van der Waals surface area contributed by atoms with E-state index in [1.807, 2.05) is 0 Å². The molecule has 5 aromatic carbocycles. The zero-order valence-corrected chi connectivity index (χ0v) is 13.1. The SMILES string of the molecule is CCc1ccc2cccc3c4cccc5cc(N)cc(c1c23)c54. The molecule has 2 N–H and O–H groups in total. The van der Waals surface area contributed by atoms with Crippen molar-refractivity contribution in [3.05, 3.63) is 66.2 Å². The molecule has 1 heteroatoms. The lowest BCUT2D eigenvalue weighted by Crippen LogP contribution is -1.93. The zero-order valence-electron chi connectivity index (χ0n) is 13.1. The smallest absolute Gasteiger partial charge is 0.0326 e. The molecule has 0 radical (unpaired) electrons. The van der Waals surface area contributed by atoms with Crippen molar-refractivity contribution in [3.8, 4) is 0 Å². The predicted molar refractivity (Wildman–Crippen MR) is 101 cm³/mol. The van der Waals surface area contributed by atoms with Crippen molar-refractivity contribution in [3.63, 3.8) is 0 Å². The van der Waals surface area contributed by atoms with Crippen LogP contribution in [0.4, 0.5) is 5.69 Å². The van der Waals surface area contributed by atoms with Gasteiger partial charge in [0, 0.05) is 5.69 Å². The summed E-state index contributed by atoms with van der Waals surface area (Å²) in [5.74, 6) is 0. The molecule has 0 amide bonds. The van der Waals surface area contributed by atoms with Gasteiger partial charge in [0.05, 0.1) is 0 Å². The van der Waals surface area contributed by atoms with Crippen molar-refractivity contribution in [1.82, 2.24) is 0 Å². The second-order valence-corrected chi connectivity index (χ2v) is 6.33. The van der Waals surface area contributed by atoms with Gasteiger partial charge in [0.2, 0.25) is 0 Å². The van der Waals surface area contributed by atoms with Crippen molar-refractivity contribution in [2.24, 2.45) is 0 Å². The Hall–Kier alpha value is -2.80. The van der Waals surface area contributed by atoms with Crippen LogP contribution in [0.2, 0.25) is 0 Å². The number of aryl methyl sites for hydroxylation is 1. The van der Waals surface area contributed by atoms with Crippen molar-refractivity contribution in [1.29, 1.82) is 0 Å². The average Bonchev–Trinajstić information content (AvgIpc) is 2.58. The molecule has 0 aromatic heterocycles. The summed E-state index contributed by atoms with van der Waals surface area (Å²) in [5.41, 5.74) is 8.44. The average molecular weight is 295 g/mol. The molecule has 0 aliphatic heterocycles. The Morgan fingerprint density at radius 3 is 2.22 bits per heavy atom. The third-order valence-electron chi connectivity index (χ3n) is 5.07. The molecule has 0 aliphatic rings. The van der Waals surface area contributed by atoms with Crippen molar-refractivity contribution < 1.29 is 0 Å². The number of rotatable bonds is 1. The molecule has 0 saturated heterocycles. The van der Waals surface area contributed by atoms with Crippen molar-refractivity contribution >= 4 is 48.8 Å². The molecule has 5 rings (SSSR count). The fourth-order valence-electron chi connectivity index (χ4n) is 4.12. The maximum absolute atomic E-state index is 6.21. The third-order valence-corrected chi connectivity index (χ3v) is 5.07. The van der Waals surface area contributed by atoms with Gasteiger partial charge in [-0.2, -0.15) is 0 Å². The highest BCUT2D eigenvalue weighted by Gasteiger charge is 2.15. The molecule has 110 valence electrons. The summed E-state index contributed by atoms with van der Waals surface area (Å²) < 4.78 is 0. The van der Waals surface area contributed by atoms with Crippen molar-refractivity contribution in [2.75, 3.05) is 5.73 Å². The summed E-state index contributed by atoms with van der Waals surface area (Å²) in [6.07, 6.45) is 1.03. The molecule has 1 nitrogen and oxygen atoms in total. The standard InChI is InChI=1S/C22H17N/c1-2-13-9-10-14-5-3-8-18-17-7-4-6-15-11-16(23)12-19(20(15)17)21(13)22(14)18/h3-12H,2,23H2,1H3. The van der Waals surface area contributed by atoms with Gasteiger partial charge in [-0.1, -0.05) is 55.5 Å². The van der Waals surface area contributed by atoms with Crippen molar-refractivity contribution in [2.45, 2.75) is 13.3 Å². The van der Waals surface area contributed by atoms with Crippen LogP contribution < -0.4 is 5.73 Å². The Balaban J connectivity index is 2.27. The lowest BCUT2D eigenvalue weighted by Gasteiger charge is -2.17. The molecule has 0 unspecified atom stereocenters. The highest BCUT2D eigenvalue weighted by atomic mass is 14.5. The van der Waals surface area contributed by atoms with Crippen LogP contribution in [0.3, 0.4) is 0 Å². The maximum atomic E-state index is 6.21. The number of nitrogens with two attached hydrogens (primary N) is 1. The first-order valence-corrected chi connectivity index (χ1v) is 8.15. The monoisotopic (exact) mass is 295 g/mol. The van der Waals surface area contributed by atoms with Gasteiger partial charge in [0.15, 0.2) is 0 Å². The Bertz CT molecular complexity index is 1200. The van der Waals surface area contributed by atoms with E-state index in [1.165, 1.54) is 48.7 Å². The Kier molecular flexibility index (Phi) is 2.41. The van der Waals surface area contributed by atoms with E-state index >= 15 is 0 Å². The lowest BCUT2D eigenvalue weighted by molar-refractivity contribution is 1.16. The van der Waals surface area contributed by atoms with Crippen LogP contribution in [-0.4, -0.2) is 0 Å². The van der Waals surface area contributed by atoms with E-state index < -0.39 is 0 Å². The summed E-state index contributed by atoms with van der Waals surface area (Å²) >= 11 is 0. The van der Waals surface area contributed by atoms with E-state index in [9.17, 15) is 0 Å². The predicted octanol–water partition coefficient (Wildman–Crippen LogP) is 5.88. The molecular weight excluding hydrogens is 278 g/mol. The number of hydrogen-bond acceptors (Lipinski definition) is 1. The number of nitrogen functional groups attached to an aromatic ring is 1. The van der Waals surface area contributed by atoms with Gasteiger partial charge in [0.1, 0.15) is 0 Å². The van der Waals surface area contributed by atoms with Gasteiger partial charge in [-0.25, -0.2) is 0 Å². The third kappa shape index (κ3) is 1.57. The number of anilines is 1. The fraction of sp³-hybridized carbons (Fsp3) is 0.0909. The van der Waals surface area contributed by atoms with Crippen LogP contribution in [0.25, 0.3) is 43.1 Å². The summed E-state index contributed by atoms with van der Waals surface area (Å²) in [4.78, 5) is 0. The normalized spacial score (nSPS) is 12.0. The number of fused-ring (bicyclic) bond motifs is 2. The molecule has 23 heavy (non-hydrogen) atoms. The van der Waals surface area contributed by atoms with Crippen LogP contribution in [0, 0.1) is 0 Å². The summed E-state index contributed by atoms with van der Waals surface area (Å²) in [6.45, 7) is 2.23. The second-order valence-electron chi connectivity index (χ2n) is 6.33. The highest BCUT2D eigenvalue weighted by molar-refractivity contribution is 6.33. The molecule has 0 bridgehead atoms.